The number of amides is 2. The molecule has 1 aliphatic carbocycles. The zero-order valence-electron chi connectivity index (χ0n) is 12.2. The average Bonchev–Trinajstić information content (AvgIpc) is 2.98. The Morgan fingerprint density at radius 1 is 1.24 bits per heavy atom. The van der Waals surface area contributed by atoms with Gasteiger partial charge in [-0.15, -0.1) is 0 Å². The molecule has 5 heteroatoms. The highest BCUT2D eigenvalue weighted by atomic mass is 16.5. The Bertz CT molecular complexity index is 552. The predicted octanol–water partition coefficient (Wildman–Crippen LogP) is 1.86. The van der Waals surface area contributed by atoms with Crippen LogP contribution in [0.15, 0.2) is 24.3 Å². The summed E-state index contributed by atoms with van der Waals surface area (Å²) in [6, 6.07) is 7.58. The van der Waals surface area contributed by atoms with E-state index in [2.05, 4.69) is 5.32 Å². The molecule has 0 radical (unpaired) electrons. The van der Waals surface area contributed by atoms with Gasteiger partial charge in [-0.2, -0.15) is 0 Å². The monoisotopic (exact) mass is 288 g/mol. The second-order valence-corrected chi connectivity index (χ2v) is 5.69. The Morgan fingerprint density at radius 3 is 2.67 bits per heavy atom. The molecule has 1 unspecified atom stereocenters. The van der Waals surface area contributed by atoms with E-state index in [1.54, 1.807) is 11.0 Å². The summed E-state index contributed by atoms with van der Waals surface area (Å²) in [4.78, 5) is 25.8. The van der Waals surface area contributed by atoms with E-state index in [-0.39, 0.29) is 24.4 Å². The van der Waals surface area contributed by atoms with E-state index in [9.17, 15) is 9.59 Å². The van der Waals surface area contributed by atoms with E-state index < -0.39 is 6.10 Å². The molecule has 21 heavy (non-hydrogen) atoms. The lowest BCUT2D eigenvalue weighted by atomic mass is 10.1. The Kier molecular flexibility index (Phi) is 3.82. The number of nitrogens with one attached hydrogen (secondary N) is 1. The van der Waals surface area contributed by atoms with Crippen LogP contribution in [0.2, 0.25) is 0 Å². The summed E-state index contributed by atoms with van der Waals surface area (Å²) in [5.74, 6) is 0.387. The molecular weight excluding hydrogens is 268 g/mol. The molecule has 1 saturated carbocycles. The first kappa shape index (κ1) is 13.9. The van der Waals surface area contributed by atoms with Crippen molar-refractivity contribution in [1.82, 2.24) is 5.32 Å². The standard InChI is InChI=1S/C16H20N2O3/c1-11(19)18-10-15(16(20)17-12-6-2-3-7-12)21-14-9-5-4-8-13(14)18/h4-5,8-9,12,15H,2-3,6-7,10H2,1H3,(H,17,20). The van der Waals surface area contributed by atoms with Crippen molar-refractivity contribution in [3.8, 4) is 5.75 Å². The lowest BCUT2D eigenvalue weighted by molar-refractivity contribution is -0.129. The van der Waals surface area contributed by atoms with Gasteiger partial charge in [-0.25, -0.2) is 0 Å². The molecular formula is C16H20N2O3. The van der Waals surface area contributed by atoms with Gasteiger partial charge in [-0.05, 0) is 25.0 Å². The van der Waals surface area contributed by atoms with Gasteiger partial charge in [0.15, 0.2) is 6.10 Å². The lowest BCUT2D eigenvalue weighted by Gasteiger charge is -2.34. The van der Waals surface area contributed by atoms with Gasteiger partial charge < -0.3 is 15.0 Å². The van der Waals surface area contributed by atoms with Gasteiger partial charge in [0.1, 0.15) is 5.75 Å². The van der Waals surface area contributed by atoms with Crippen molar-refractivity contribution >= 4 is 17.5 Å². The minimum absolute atomic E-state index is 0.0792. The van der Waals surface area contributed by atoms with E-state index in [1.807, 2.05) is 18.2 Å². The predicted molar refractivity (Wildman–Crippen MR) is 79.3 cm³/mol. The van der Waals surface area contributed by atoms with Crippen LogP contribution in [0, 0.1) is 0 Å². The van der Waals surface area contributed by atoms with Crippen LogP contribution in [-0.4, -0.2) is 30.5 Å². The summed E-state index contributed by atoms with van der Waals surface area (Å²) in [7, 11) is 0. The zero-order chi connectivity index (χ0) is 14.8. The highest BCUT2D eigenvalue weighted by molar-refractivity contribution is 5.95. The van der Waals surface area contributed by atoms with E-state index in [4.69, 9.17) is 4.74 Å². The van der Waals surface area contributed by atoms with Crippen LogP contribution in [-0.2, 0) is 9.59 Å². The van der Waals surface area contributed by atoms with E-state index in [0.717, 1.165) is 18.5 Å². The van der Waals surface area contributed by atoms with Crippen molar-refractivity contribution in [1.29, 1.82) is 0 Å². The molecule has 2 aliphatic rings. The number of hydrogen-bond acceptors (Lipinski definition) is 3. The van der Waals surface area contributed by atoms with Gasteiger partial charge in [0, 0.05) is 13.0 Å². The van der Waals surface area contributed by atoms with Gasteiger partial charge in [-0.1, -0.05) is 25.0 Å². The summed E-state index contributed by atoms with van der Waals surface area (Å²) >= 11 is 0. The Hall–Kier alpha value is -2.04. The topological polar surface area (TPSA) is 58.6 Å². The molecule has 1 aliphatic heterocycles. The minimum Gasteiger partial charge on any atom is -0.477 e. The van der Waals surface area contributed by atoms with Crippen molar-refractivity contribution in [2.45, 2.75) is 44.8 Å². The fourth-order valence-electron chi connectivity index (χ4n) is 3.03. The molecule has 1 atom stereocenters. The molecule has 0 spiro atoms. The summed E-state index contributed by atoms with van der Waals surface area (Å²) in [6.45, 7) is 1.78. The first-order chi connectivity index (χ1) is 10.1. The Morgan fingerprint density at radius 2 is 1.95 bits per heavy atom. The fourth-order valence-corrected chi connectivity index (χ4v) is 3.03. The third-order valence-electron chi connectivity index (χ3n) is 4.15. The number of anilines is 1. The lowest BCUT2D eigenvalue weighted by Crippen LogP contribution is -2.51. The van der Waals surface area contributed by atoms with Gasteiger partial charge >= 0.3 is 0 Å². The maximum Gasteiger partial charge on any atom is 0.263 e. The number of benzene rings is 1. The molecule has 1 aromatic rings. The summed E-state index contributed by atoms with van der Waals surface area (Å²) < 4.78 is 5.78. The second-order valence-electron chi connectivity index (χ2n) is 5.69. The number of para-hydroxylation sites is 2. The third-order valence-corrected chi connectivity index (χ3v) is 4.15. The molecule has 1 fully saturated rings. The third kappa shape index (κ3) is 2.86. The molecule has 2 amide bonds. The molecule has 1 heterocycles. The largest absolute Gasteiger partial charge is 0.477 e. The maximum absolute atomic E-state index is 12.4. The summed E-state index contributed by atoms with van der Waals surface area (Å²) in [5, 5.41) is 3.04. The van der Waals surface area contributed by atoms with Crippen LogP contribution in [0.3, 0.4) is 0 Å². The van der Waals surface area contributed by atoms with E-state index in [1.165, 1.54) is 19.8 Å². The Balaban J connectivity index is 1.76. The first-order valence-corrected chi connectivity index (χ1v) is 7.49. The second kappa shape index (κ2) is 5.76. The highest BCUT2D eigenvalue weighted by Gasteiger charge is 2.33. The normalized spacial score (nSPS) is 21.6. The number of ether oxygens (including phenoxy) is 1. The van der Waals surface area contributed by atoms with Crippen LogP contribution < -0.4 is 15.0 Å². The molecule has 1 aromatic carbocycles. The number of fused-ring (bicyclic) bond motifs is 1. The molecule has 1 N–H and O–H groups in total. The molecule has 3 rings (SSSR count). The maximum atomic E-state index is 12.4. The van der Waals surface area contributed by atoms with Crippen molar-refractivity contribution in [2.75, 3.05) is 11.4 Å². The minimum atomic E-state index is -0.635. The summed E-state index contributed by atoms with van der Waals surface area (Å²) in [6.07, 6.45) is 3.76. The van der Waals surface area contributed by atoms with Crippen LogP contribution >= 0.6 is 0 Å². The molecule has 5 nitrogen and oxygen atoms in total. The van der Waals surface area contributed by atoms with Gasteiger partial charge in [0.05, 0.1) is 12.2 Å². The number of nitrogens with zero attached hydrogens (tertiary/aromatic N) is 1. The van der Waals surface area contributed by atoms with Gasteiger partial charge in [0.25, 0.3) is 5.91 Å². The van der Waals surface area contributed by atoms with Crippen LogP contribution in [0.5, 0.6) is 5.75 Å². The van der Waals surface area contributed by atoms with E-state index in [0.29, 0.717) is 5.75 Å². The van der Waals surface area contributed by atoms with Gasteiger partial charge in [-0.3, -0.25) is 9.59 Å². The zero-order valence-corrected chi connectivity index (χ0v) is 12.2. The number of rotatable bonds is 2. The van der Waals surface area contributed by atoms with Crippen molar-refractivity contribution in [3.63, 3.8) is 0 Å². The molecule has 112 valence electrons. The summed E-state index contributed by atoms with van der Waals surface area (Å²) in [5.41, 5.74) is 0.731. The Labute approximate surface area is 124 Å². The highest BCUT2D eigenvalue weighted by Crippen LogP contribution is 2.33. The number of carbonyl (C=O) groups is 2. The number of hydrogen-bond donors (Lipinski definition) is 1. The first-order valence-electron chi connectivity index (χ1n) is 7.49. The van der Waals surface area contributed by atoms with Crippen LogP contribution in [0.25, 0.3) is 0 Å². The van der Waals surface area contributed by atoms with Crippen molar-refractivity contribution in [2.24, 2.45) is 0 Å². The molecule has 0 bridgehead atoms. The quantitative estimate of drug-likeness (QED) is 0.903. The molecule has 0 aromatic heterocycles. The molecule has 0 saturated heterocycles. The fraction of sp³-hybridized carbons (Fsp3) is 0.500. The van der Waals surface area contributed by atoms with E-state index >= 15 is 0 Å². The van der Waals surface area contributed by atoms with Gasteiger partial charge in [0.2, 0.25) is 5.91 Å². The van der Waals surface area contributed by atoms with Crippen molar-refractivity contribution < 1.29 is 14.3 Å². The number of carbonyl (C=O) groups excluding carboxylic acids is 2. The van der Waals surface area contributed by atoms with Crippen LogP contribution in [0.1, 0.15) is 32.6 Å². The average molecular weight is 288 g/mol. The SMILES string of the molecule is CC(=O)N1CC(C(=O)NC2CCCC2)Oc2ccccc21. The van der Waals surface area contributed by atoms with Crippen LogP contribution in [0.4, 0.5) is 5.69 Å². The van der Waals surface area contributed by atoms with Crippen molar-refractivity contribution in [3.05, 3.63) is 24.3 Å². The smallest absolute Gasteiger partial charge is 0.263 e.